The van der Waals surface area contributed by atoms with Gasteiger partial charge in [-0.2, -0.15) is 0 Å². The van der Waals surface area contributed by atoms with Gasteiger partial charge in [-0.25, -0.2) is 4.79 Å². The Morgan fingerprint density at radius 3 is 2.82 bits per heavy atom. The van der Waals surface area contributed by atoms with E-state index in [9.17, 15) is 9.59 Å². The molecule has 0 bridgehead atoms. The predicted octanol–water partition coefficient (Wildman–Crippen LogP) is 2.27. The lowest BCUT2D eigenvalue weighted by atomic mass is 10.0. The highest BCUT2D eigenvalue weighted by Gasteiger charge is 2.35. The van der Waals surface area contributed by atoms with E-state index in [1.54, 1.807) is 4.90 Å². The van der Waals surface area contributed by atoms with Gasteiger partial charge in [0.15, 0.2) is 0 Å². The molecule has 0 radical (unpaired) electrons. The first-order chi connectivity index (χ1) is 10.4. The van der Waals surface area contributed by atoms with Crippen LogP contribution < -0.4 is 5.32 Å². The second-order valence-corrected chi connectivity index (χ2v) is 6.34. The van der Waals surface area contributed by atoms with Crippen molar-refractivity contribution in [3.63, 3.8) is 0 Å². The van der Waals surface area contributed by atoms with Crippen molar-refractivity contribution >= 4 is 12.0 Å². The van der Waals surface area contributed by atoms with E-state index in [1.807, 2.05) is 39.0 Å². The summed E-state index contributed by atoms with van der Waals surface area (Å²) in [5.74, 6) is 0.00199. The number of cyclic esters (lactones) is 1. The van der Waals surface area contributed by atoms with Crippen molar-refractivity contribution in [2.45, 2.75) is 39.2 Å². The van der Waals surface area contributed by atoms with Gasteiger partial charge < -0.3 is 10.1 Å². The summed E-state index contributed by atoms with van der Waals surface area (Å²) >= 11 is 0. The first-order valence-corrected chi connectivity index (χ1v) is 7.65. The quantitative estimate of drug-likeness (QED) is 0.877. The molecule has 22 heavy (non-hydrogen) atoms. The summed E-state index contributed by atoms with van der Waals surface area (Å²) in [7, 11) is 0. The average Bonchev–Trinajstić information content (AvgIpc) is 2.90. The van der Waals surface area contributed by atoms with Gasteiger partial charge in [0.1, 0.15) is 6.61 Å². The smallest absolute Gasteiger partial charge is 0.410 e. The van der Waals surface area contributed by atoms with Crippen LogP contribution in [0.15, 0.2) is 24.3 Å². The number of carbonyl (C=O) groups excluding carboxylic acids is 2. The summed E-state index contributed by atoms with van der Waals surface area (Å²) in [6.07, 6.45) is 0.864. The molecule has 0 spiro atoms. The second-order valence-electron chi connectivity index (χ2n) is 6.34. The van der Waals surface area contributed by atoms with Crippen LogP contribution in [-0.4, -0.2) is 42.1 Å². The Balaban J connectivity index is 1.78. The van der Waals surface area contributed by atoms with Crippen LogP contribution in [0.5, 0.6) is 0 Å². The van der Waals surface area contributed by atoms with Gasteiger partial charge in [0.2, 0.25) is 5.91 Å². The minimum absolute atomic E-state index is 0.00199. The molecule has 1 saturated heterocycles. The van der Waals surface area contributed by atoms with E-state index in [0.717, 1.165) is 12.0 Å². The van der Waals surface area contributed by atoms with Gasteiger partial charge in [-0.15, -0.1) is 0 Å². The third kappa shape index (κ3) is 4.23. The van der Waals surface area contributed by atoms with Crippen LogP contribution in [0.4, 0.5) is 4.79 Å². The van der Waals surface area contributed by atoms with Crippen molar-refractivity contribution in [3.8, 4) is 0 Å². The Kier molecular flexibility index (Phi) is 5.06. The third-order valence-electron chi connectivity index (χ3n) is 3.93. The Bertz CT molecular complexity index is 555. The van der Waals surface area contributed by atoms with Gasteiger partial charge in [0.05, 0.1) is 12.1 Å². The number of amides is 2. The van der Waals surface area contributed by atoms with Crippen LogP contribution in [0.2, 0.25) is 0 Å². The van der Waals surface area contributed by atoms with Crippen LogP contribution in [0, 0.1) is 6.92 Å². The van der Waals surface area contributed by atoms with Gasteiger partial charge in [-0.3, -0.25) is 9.69 Å². The lowest BCUT2D eigenvalue weighted by Crippen LogP contribution is -2.52. The number of rotatable bonds is 6. The minimum Gasteiger partial charge on any atom is -0.448 e. The topological polar surface area (TPSA) is 58.6 Å². The molecule has 120 valence electrons. The Hall–Kier alpha value is -2.04. The molecule has 1 aliphatic heterocycles. The molecule has 1 heterocycles. The van der Waals surface area contributed by atoms with Crippen LogP contribution in [-0.2, 0) is 16.0 Å². The van der Waals surface area contributed by atoms with Gasteiger partial charge in [-0.1, -0.05) is 29.8 Å². The SMILES string of the molecule is Cc1cccc(CCC(=O)NCC(C)(C)N2CCOC2=O)c1. The van der Waals surface area contributed by atoms with Crippen molar-refractivity contribution in [3.05, 3.63) is 35.4 Å². The van der Waals surface area contributed by atoms with Crippen LogP contribution >= 0.6 is 0 Å². The molecule has 2 amide bonds. The summed E-state index contributed by atoms with van der Waals surface area (Å²) < 4.78 is 4.95. The zero-order chi connectivity index (χ0) is 16.2. The number of benzene rings is 1. The summed E-state index contributed by atoms with van der Waals surface area (Å²) in [6.45, 7) is 7.32. The number of hydrogen-bond acceptors (Lipinski definition) is 3. The zero-order valence-electron chi connectivity index (χ0n) is 13.5. The number of carbonyl (C=O) groups is 2. The van der Waals surface area contributed by atoms with E-state index >= 15 is 0 Å². The van der Waals surface area contributed by atoms with E-state index in [2.05, 4.69) is 11.4 Å². The number of nitrogens with one attached hydrogen (secondary N) is 1. The molecule has 5 nitrogen and oxygen atoms in total. The molecule has 0 aliphatic carbocycles. The molecule has 0 aromatic heterocycles. The molecule has 5 heteroatoms. The largest absolute Gasteiger partial charge is 0.448 e. The van der Waals surface area contributed by atoms with Gasteiger partial charge >= 0.3 is 6.09 Å². The predicted molar refractivity (Wildman–Crippen MR) is 84.6 cm³/mol. The minimum atomic E-state index is -0.438. The molecule has 2 rings (SSSR count). The maximum Gasteiger partial charge on any atom is 0.410 e. The Labute approximate surface area is 131 Å². The van der Waals surface area contributed by atoms with Gasteiger partial charge in [0.25, 0.3) is 0 Å². The van der Waals surface area contributed by atoms with E-state index in [-0.39, 0.29) is 12.0 Å². The van der Waals surface area contributed by atoms with Crippen LogP contribution in [0.25, 0.3) is 0 Å². The molecule has 1 aromatic rings. The maximum absolute atomic E-state index is 12.0. The number of aryl methyl sites for hydroxylation is 2. The molecule has 1 N–H and O–H groups in total. The highest BCUT2D eigenvalue weighted by Crippen LogP contribution is 2.18. The van der Waals surface area contributed by atoms with E-state index in [0.29, 0.717) is 26.1 Å². The average molecular weight is 304 g/mol. The molecule has 1 fully saturated rings. The monoisotopic (exact) mass is 304 g/mol. The fraction of sp³-hybridized carbons (Fsp3) is 0.529. The molecule has 0 saturated carbocycles. The fourth-order valence-electron chi connectivity index (χ4n) is 2.57. The summed E-state index contributed by atoms with van der Waals surface area (Å²) in [5.41, 5.74) is 1.93. The number of ether oxygens (including phenoxy) is 1. The summed E-state index contributed by atoms with van der Waals surface area (Å²) in [4.78, 5) is 25.3. The molecule has 1 aromatic carbocycles. The summed E-state index contributed by atoms with van der Waals surface area (Å²) in [5, 5.41) is 2.92. The van der Waals surface area contributed by atoms with E-state index < -0.39 is 5.54 Å². The van der Waals surface area contributed by atoms with Crippen LogP contribution in [0.1, 0.15) is 31.4 Å². The third-order valence-corrected chi connectivity index (χ3v) is 3.93. The van der Waals surface area contributed by atoms with Crippen molar-refractivity contribution in [2.24, 2.45) is 0 Å². The maximum atomic E-state index is 12.0. The standard InChI is InChI=1S/C17H24N2O3/c1-13-5-4-6-14(11-13)7-8-15(20)18-12-17(2,3)19-9-10-22-16(19)21/h4-6,11H,7-10,12H2,1-3H3,(H,18,20). The highest BCUT2D eigenvalue weighted by molar-refractivity contribution is 5.76. The molecule has 0 unspecified atom stereocenters. The Morgan fingerprint density at radius 2 is 2.18 bits per heavy atom. The van der Waals surface area contributed by atoms with Gasteiger partial charge in [0, 0.05) is 13.0 Å². The fourth-order valence-corrected chi connectivity index (χ4v) is 2.57. The second kappa shape index (κ2) is 6.81. The first kappa shape index (κ1) is 16.3. The van der Waals surface area contributed by atoms with Crippen molar-refractivity contribution in [1.82, 2.24) is 10.2 Å². The zero-order valence-corrected chi connectivity index (χ0v) is 13.5. The summed E-state index contributed by atoms with van der Waals surface area (Å²) in [6, 6.07) is 8.17. The lowest BCUT2D eigenvalue weighted by Gasteiger charge is -2.33. The van der Waals surface area contributed by atoms with Crippen molar-refractivity contribution in [1.29, 1.82) is 0 Å². The molecular formula is C17H24N2O3. The lowest BCUT2D eigenvalue weighted by molar-refractivity contribution is -0.121. The highest BCUT2D eigenvalue weighted by atomic mass is 16.6. The van der Waals surface area contributed by atoms with E-state index in [1.165, 1.54) is 5.56 Å². The van der Waals surface area contributed by atoms with Crippen molar-refractivity contribution in [2.75, 3.05) is 19.7 Å². The van der Waals surface area contributed by atoms with Crippen LogP contribution in [0.3, 0.4) is 0 Å². The molecular weight excluding hydrogens is 280 g/mol. The van der Waals surface area contributed by atoms with Crippen molar-refractivity contribution < 1.29 is 14.3 Å². The Morgan fingerprint density at radius 1 is 1.41 bits per heavy atom. The number of nitrogens with zero attached hydrogens (tertiary/aromatic N) is 1. The van der Waals surface area contributed by atoms with Gasteiger partial charge in [-0.05, 0) is 32.8 Å². The normalized spacial score (nSPS) is 14.9. The first-order valence-electron chi connectivity index (χ1n) is 7.65. The number of hydrogen-bond donors (Lipinski definition) is 1. The van der Waals surface area contributed by atoms with E-state index in [4.69, 9.17) is 4.74 Å². The molecule has 0 atom stereocenters. The molecule has 1 aliphatic rings.